The van der Waals surface area contributed by atoms with E-state index in [0.717, 1.165) is 6.42 Å². The number of rotatable bonds is 5. The first kappa shape index (κ1) is 10.9. The highest BCUT2D eigenvalue weighted by Crippen LogP contribution is 2.15. The normalized spacial score (nSPS) is 12.5. The molecule has 78 valence electrons. The number of pyridine rings is 1. The Morgan fingerprint density at radius 2 is 2.36 bits per heavy atom. The molecule has 14 heavy (non-hydrogen) atoms. The zero-order valence-corrected chi connectivity index (χ0v) is 8.37. The summed E-state index contributed by atoms with van der Waals surface area (Å²) in [6.07, 6.45) is 2.04. The van der Waals surface area contributed by atoms with Gasteiger partial charge in [0.1, 0.15) is 0 Å². The molecule has 1 heterocycles. The van der Waals surface area contributed by atoms with Crippen LogP contribution in [0.2, 0.25) is 0 Å². The predicted octanol–water partition coefficient (Wildman–Crippen LogP) is 2.02. The van der Waals surface area contributed by atoms with Crippen LogP contribution in [0, 0.1) is 5.95 Å². The fourth-order valence-electron chi connectivity index (χ4n) is 1.02. The van der Waals surface area contributed by atoms with E-state index in [9.17, 15) is 4.39 Å². The van der Waals surface area contributed by atoms with E-state index >= 15 is 0 Å². The van der Waals surface area contributed by atoms with Crippen molar-refractivity contribution in [1.29, 1.82) is 0 Å². The molecule has 1 aromatic heterocycles. The fourth-order valence-corrected chi connectivity index (χ4v) is 1.02. The third-order valence-corrected chi connectivity index (χ3v) is 1.78. The Balaban J connectivity index is 2.47. The molecular formula is C10H14FNO2. The van der Waals surface area contributed by atoms with Gasteiger partial charge in [-0.2, -0.15) is 4.39 Å². The van der Waals surface area contributed by atoms with Crippen molar-refractivity contribution < 1.29 is 13.9 Å². The molecule has 3 nitrogen and oxygen atoms in total. The Labute approximate surface area is 82.9 Å². The lowest BCUT2D eigenvalue weighted by molar-refractivity contribution is 0.131. The molecule has 0 aliphatic rings. The number of aromatic nitrogens is 1. The van der Waals surface area contributed by atoms with Gasteiger partial charge in [-0.25, -0.2) is 4.98 Å². The van der Waals surface area contributed by atoms with Crippen molar-refractivity contribution in [3.8, 4) is 5.75 Å². The average Bonchev–Trinajstić information content (AvgIpc) is 2.18. The van der Waals surface area contributed by atoms with Crippen LogP contribution in [0.25, 0.3) is 0 Å². The van der Waals surface area contributed by atoms with Gasteiger partial charge in [0, 0.05) is 26.3 Å². The number of halogens is 1. The summed E-state index contributed by atoms with van der Waals surface area (Å²) in [7, 11) is 1.62. The van der Waals surface area contributed by atoms with E-state index in [-0.39, 0.29) is 11.9 Å². The molecule has 1 rings (SSSR count). The van der Waals surface area contributed by atoms with E-state index in [1.807, 2.05) is 6.92 Å². The van der Waals surface area contributed by atoms with Crippen LogP contribution in [0.15, 0.2) is 18.3 Å². The van der Waals surface area contributed by atoms with Crippen LogP contribution in [0.5, 0.6) is 5.75 Å². The minimum absolute atomic E-state index is 0.0753. The van der Waals surface area contributed by atoms with Crippen molar-refractivity contribution in [2.45, 2.75) is 19.4 Å². The van der Waals surface area contributed by atoms with E-state index in [1.54, 1.807) is 19.2 Å². The highest BCUT2D eigenvalue weighted by molar-refractivity contribution is 5.17. The zero-order valence-electron chi connectivity index (χ0n) is 8.37. The van der Waals surface area contributed by atoms with Crippen LogP contribution in [-0.4, -0.2) is 24.8 Å². The minimum atomic E-state index is -0.572. The first-order valence-electron chi connectivity index (χ1n) is 4.50. The lowest BCUT2D eigenvalue weighted by atomic mass is 10.3. The van der Waals surface area contributed by atoms with Gasteiger partial charge in [0.2, 0.25) is 0 Å². The van der Waals surface area contributed by atoms with Gasteiger partial charge in [0.05, 0.1) is 6.10 Å². The molecule has 0 aromatic carbocycles. The summed E-state index contributed by atoms with van der Waals surface area (Å²) < 4.78 is 23.2. The molecule has 0 bridgehead atoms. The van der Waals surface area contributed by atoms with Gasteiger partial charge >= 0.3 is 0 Å². The van der Waals surface area contributed by atoms with E-state index in [2.05, 4.69) is 4.98 Å². The Bertz CT molecular complexity index is 281. The molecule has 0 radical (unpaired) electrons. The molecular weight excluding hydrogens is 185 g/mol. The second-order valence-corrected chi connectivity index (χ2v) is 3.00. The third-order valence-electron chi connectivity index (χ3n) is 1.78. The highest BCUT2D eigenvalue weighted by Gasteiger charge is 2.08. The van der Waals surface area contributed by atoms with Crippen LogP contribution in [-0.2, 0) is 4.74 Å². The second kappa shape index (κ2) is 5.54. The van der Waals surface area contributed by atoms with E-state index in [4.69, 9.17) is 9.47 Å². The molecule has 0 fully saturated rings. The Kier molecular flexibility index (Phi) is 4.32. The van der Waals surface area contributed by atoms with Gasteiger partial charge < -0.3 is 9.47 Å². The Hall–Kier alpha value is -1.16. The topological polar surface area (TPSA) is 31.4 Å². The highest BCUT2D eigenvalue weighted by atomic mass is 19.1. The molecule has 0 aliphatic carbocycles. The van der Waals surface area contributed by atoms with Gasteiger partial charge in [-0.15, -0.1) is 0 Å². The molecule has 0 saturated carbocycles. The zero-order chi connectivity index (χ0) is 10.4. The van der Waals surface area contributed by atoms with Crippen molar-refractivity contribution in [3.63, 3.8) is 0 Å². The summed E-state index contributed by atoms with van der Waals surface area (Å²) in [5, 5.41) is 0. The van der Waals surface area contributed by atoms with Gasteiger partial charge in [-0.05, 0) is 19.1 Å². The van der Waals surface area contributed by atoms with Crippen LogP contribution in [0.1, 0.15) is 13.3 Å². The molecule has 1 unspecified atom stereocenters. The maximum atomic E-state index is 13.0. The molecule has 0 aliphatic heterocycles. The first-order chi connectivity index (χ1) is 6.74. The molecule has 0 saturated heterocycles. The number of hydrogen-bond acceptors (Lipinski definition) is 3. The molecule has 4 heteroatoms. The standard InChI is InChI=1S/C10H14FNO2/c1-8(5-7-13-2)14-9-4-3-6-12-10(9)11/h3-4,6,8H,5,7H2,1-2H3. The average molecular weight is 199 g/mol. The van der Waals surface area contributed by atoms with Gasteiger partial charge in [-0.1, -0.05) is 0 Å². The third kappa shape index (κ3) is 3.30. The molecule has 1 atom stereocenters. The van der Waals surface area contributed by atoms with Crippen LogP contribution >= 0.6 is 0 Å². The van der Waals surface area contributed by atoms with E-state index in [1.165, 1.54) is 6.20 Å². The first-order valence-corrected chi connectivity index (χ1v) is 4.50. The smallest absolute Gasteiger partial charge is 0.255 e. The maximum absolute atomic E-state index is 13.0. The van der Waals surface area contributed by atoms with E-state index in [0.29, 0.717) is 6.61 Å². The van der Waals surface area contributed by atoms with Crippen molar-refractivity contribution in [1.82, 2.24) is 4.98 Å². The molecule has 1 aromatic rings. The van der Waals surface area contributed by atoms with Gasteiger partial charge in [-0.3, -0.25) is 0 Å². The fraction of sp³-hybridized carbons (Fsp3) is 0.500. The SMILES string of the molecule is COCCC(C)Oc1cccnc1F. The quantitative estimate of drug-likeness (QED) is 0.680. The summed E-state index contributed by atoms with van der Waals surface area (Å²) in [6, 6.07) is 3.20. The van der Waals surface area contributed by atoms with Crippen LogP contribution in [0.3, 0.4) is 0 Å². The second-order valence-electron chi connectivity index (χ2n) is 3.00. The van der Waals surface area contributed by atoms with Crippen molar-refractivity contribution in [2.24, 2.45) is 0 Å². The number of nitrogens with zero attached hydrogens (tertiary/aromatic N) is 1. The molecule has 0 spiro atoms. The van der Waals surface area contributed by atoms with Crippen molar-refractivity contribution >= 4 is 0 Å². The summed E-state index contributed by atoms with van der Waals surface area (Å²) in [5.41, 5.74) is 0. The predicted molar refractivity (Wildman–Crippen MR) is 50.8 cm³/mol. The number of hydrogen-bond donors (Lipinski definition) is 0. The number of ether oxygens (including phenoxy) is 2. The molecule has 0 amide bonds. The molecule has 0 N–H and O–H groups in total. The van der Waals surface area contributed by atoms with Crippen LogP contribution < -0.4 is 4.74 Å². The number of methoxy groups -OCH3 is 1. The van der Waals surface area contributed by atoms with Crippen molar-refractivity contribution in [2.75, 3.05) is 13.7 Å². The maximum Gasteiger partial charge on any atom is 0.255 e. The van der Waals surface area contributed by atoms with Gasteiger partial charge in [0.15, 0.2) is 5.75 Å². The van der Waals surface area contributed by atoms with Crippen molar-refractivity contribution in [3.05, 3.63) is 24.3 Å². The summed E-state index contributed by atoms with van der Waals surface area (Å²) in [5.74, 6) is -0.382. The summed E-state index contributed by atoms with van der Waals surface area (Å²) >= 11 is 0. The van der Waals surface area contributed by atoms with Crippen LogP contribution in [0.4, 0.5) is 4.39 Å². The monoisotopic (exact) mass is 199 g/mol. The lowest BCUT2D eigenvalue weighted by Crippen LogP contribution is -2.15. The minimum Gasteiger partial charge on any atom is -0.486 e. The summed E-state index contributed by atoms with van der Waals surface area (Å²) in [6.45, 7) is 2.47. The largest absolute Gasteiger partial charge is 0.486 e. The van der Waals surface area contributed by atoms with Gasteiger partial charge in [0.25, 0.3) is 5.95 Å². The Morgan fingerprint density at radius 1 is 1.57 bits per heavy atom. The Morgan fingerprint density at radius 3 is 3.00 bits per heavy atom. The van der Waals surface area contributed by atoms with E-state index < -0.39 is 5.95 Å². The summed E-state index contributed by atoms with van der Waals surface area (Å²) in [4.78, 5) is 3.49. The lowest BCUT2D eigenvalue weighted by Gasteiger charge is -2.13.